The van der Waals surface area contributed by atoms with Crippen molar-refractivity contribution < 1.29 is 14.3 Å². The average molecular weight is 381 g/mol. The van der Waals surface area contributed by atoms with Crippen LogP contribution in [0, 0.1) is 5.92 Å². The standard InChI is InChI=1S/C22H27N3O3/c23-12-5-13-25(21(26)19-10-11-19)15-18-8-4-9-20(14-18)24-22(27)28-16-17-6-2-1-3-7-17/h1-4,6-9,14,19H,5,10-13,15-16,23H2,(H,24,27). The average Bonchev–Trinajstić information content (AvgIpc) is 3.55. The van der Waals surface area contributed by atoms with Gasteiger partial charge in [-0.2, -0.15) is 0 Å². The van der Waals surface area contributed by atoms with Crippen molar-refractivity contribution >= 4 is 17.7 Å². The van der Waals surface area contributed by atoms with Crippen molar-refractivity contribution in [1.29, 1.82) is 0 Å². The van der Waals surface area contributed by atoms with Gasteiger partial charge in [0.15, 0.2) is 0 Å². The molecule has 6 heteroatoms. The van der Waals surface area contributed by atoms with Gasteiger partial charge in [-0.25, -0.2) is 4.79 Å². The molecule has 2 aromatic rings. The number of carbonyl (C=O) groups is 2. The Balaban J connectivity index is 1.56. The molecule has 0 saturated heterocycles. The van der Waals surface area contributed by atoms with Crippen LogP contribution >= 0.6 is 0 Å². The quantitative estimate of drug-likeness (QED) is 0.696. The first kappa shape index (κ1) is 19.9. The lowest BCUT2D eigenvalue weighted by Crippen LogP contribution is -2.33. The van der Waals surface area contributed by atoms with E-state index in [1.165, 1.54) is 0 Å². The monoisotopic (exact) mass is 381 g/mol. The minimum Gasteiger partial charge on any atom is -0.444 e. The normalized spacial score (nSPS) is 13.0. The van der Waals surface area contributed by atoms with Crippen LogP contribution in [0.4, 0.5) is 10.5 Å². The zero-order valence-electron chi connectivity index (χ0n) is 16.0. The van der Waals surface area contributed by atoms with Crippen molar-refractivity contribution in [3.63, 3.8) is 0 Å². The van der Waals surface area contributed by atoms with Gasteiger partial charge < -0.3 is 15.4 Å². The number of hydrogen-bond donors (Lipinski definition) is 2. The van der Waals surface area contributed by atoms with E-state index in [2.05, 4.69) is 5.32 Å². The second-order valence-electron chi connectivity index (χ2n) is 7.06. The van der Waals surface area contributed by atoms with Gasteiger partial charge in [0.2, 0.25) is 5.91 Å². The van der Waals surface area contributed by atoms with Crippen LogP contribution in [-0.4, -0.2) is 30.0 Å². The number of ether oxygens (including phenoxy) is 1. The summed E-state index contributed by atoms with van der Waals surface area (Å²) in [6.07, 6.45) is 2.23. The molecule has 0 heterocycles. The maximum Gasteiger partial charge on any atom is 0.411 e. The van der Waals surface area contributed by atoms with E-state index in [0.717, 1.165) is 30.4 Å². The highest BCUT2D eigenvalue weighted by Gasteiger charge is 2.33. The minimum absolute atomic E-state index is 0.173. The molecule has 6 nitrogen and oxygen atoms in total. The topological polar surface area (TPSA) is 84.7 Å². The lowest BCUT2D eigenvalue weighted by Gasteiger charge is -2.23. The number of nitrogens with two attached hydrogens (primary N) is 1. The van der Waals surface area contributed by atoms with E-state index in [0.29, 0.717) is 25.3 Å². The van der Waals surface area contributed by atoms with Gasteiger partial charge in [0.25, 0.3) is 0 Å². The van der Waals surface area contributed by atoms with Crippen molar-refractivity contribution in [2.24, 2.45) is 11.7 Å². The van der Waals surface area contributed by atoms with Gasteiger partial charge in [0.05, 0.1) is 0 Å². The summed E-state index contributed by atoms with van der Waals surface area (Å²) >= 11 is 0. The summed E-state index contributed by atoms with van der Waals surface area (Å²) in [4.78, 5) is 26.4. The molecule has 0 bridgehead atoms. The van der Waals surface area contributed by atoms with E-state index in [9.17, 15) is 9.59 Å². The molecule has 1 aliphatic rings. The molecule has 0 atom stereocenters. The lowest BCUT2D eigenvalue weighted by atomic mass is 10.1. The Bertz CT molecular complexity index is 791. The van der Waals surface area contributed by atoms with Crippen LogP contribution in [0.5, 0.6) is 0 Å². The van der Waals surface area contributed by atoms with Crippen molar-refractivity contribution in [2.45, 2.75) is 32.4 Å². The number of amides is 2. The molecule has 0 radical (unpaired) electrons. The summed E-state index contributed by atoms with van der Waals surface area (Å²) in [7, 11) is 0. The predicted molar refractivity (Wildman–Crippen MR) is 109 cm³/mol. The molecule has 3 rings (SSSR count). The number of hydrogen-bond acceptors (Lipinski definition) is 4. The van der Waals surface area contributed by atoms with E-state index in [1.807, 2.05) is 53.4 Å². The molecule has 1 aliphatic carbocycles. The fourth-order valence-corrected chi connectivity index (χ4v) is 2.98. The summed E-state index contributed by atoms with van der Waals surface area (Å²) in [5.41, 5.74) is 8.15. The van der Waals surface area contributed by atoms with E-state index in [1.54, 1.807) is 6.07 Å². The first-order valence-corrected chi connectivity index (χ1v) is 9.71. The van der Waals surface area contributed by atoms with Crippen molar-refractivity contribution in [2.75, 3.05) is 18.4 Å². The molecule has 2 aromatic carbocycles. The number of anilines is 1. The lowest BCUT2D eigenvalue weighted by molar-refractivity contribution is -0.133. The number of rotatable bonds is 9. The maximum atomic E-state index is 12.5. The molecule has 1 saturated carbocycles. The van der Waals surface area contributed by atoms with Crippen LogP contribution in [0.2, 0.25) is 0 Å². The SMILES string of the molecule is NCCCN(Cc1cccc(NC(=O)OCc2ccccc2)c1)C(=O)C1CC1. The smallest absolute Gasteiger partial charge is 0.411 e. The van der Waals surface area contributed by atoms with Crippen LogP contribution in [0.3, 0.4) is 0 Å². The number of carbonyl (C=O) groups excluding carboxylic acids is 2. The van der Waals surface area contributed by atoms with Gasteiger partial charge in [0, 0.05) is 24.7 Å². The predicted octanol–water partition coefficient (Wildman–Crippen LogP) is 3.52. The molecule has 2 amide bonds. The van der Waals surface area contributed by atoms with Gasteiger partial charge in [-0.15, -0.1) is 0 Å². The Labute approximate surface area is 165 Å². The summed E-state index contributed by atoms with van der Waals surface area (Å²) < 4.78 is 5.26. The first-order chi connectivity index (χ1) is 13.7. The van der Waals surface area contributed by atoms with E-state index in [4.69, 9.17) is 10.5 Å². The van der Waals surface area contributed by atoms with Gasteiger partial charge >= 0.3 is 6.09 Å². The Morgan fingerprint density at radius 2 is 1.82 bits per heavy atom. The van der Waals surface area contributed by atoms with Gasteiger partial charge in [-0.05, 0) is 49.1 Å². The molecule has 148 valence electrons. The third-order valence-corrected chi connectivity index (χ3v) is 4.63. The van der Waals surface area contributed by atoms with Crippen LogP contribution in [0.15, 0.2) is 54.6 Å². The molecular formula is C22H27N3O3. The molecule has 0 spiro atoms. The second kappa shape index (κ2) is 9.90. The first-order valence-electron chi connectivity index (χ1n) is 9.71. The van der Waals surface area contributed by atoms with Crippen LogP contribution in [-0.2, 0) is 22.7 Å². The van der Waals surface area contributed by atoms with Crippen LogP contribution in [0.1, 0.15) is 30.4 Å². The molecule has 0 aliphatic heterocycles. The zero-order chi connectivity index (χ0) is 19.8. The fourth-order valence-electron chi connectivity index (χ4n) is 2.98. The Kier molecular flexibility index (Phi) is 7.03. The van der Waals surface area contributed by atoms with Crippen molar-refractivity contribution in [1.82, 2.24) is 4.90 Å². The van der Waals surface area contributed by atoms with E-state index < -0.39 is 6.09 Å². The van der Waals surface area contributed by atoms with E-state index >= 15 is 0 Å². The second-order valence-corrected chi connectivity index (χ2v) is 7.06. The Hall–Kier alpha value is -2.86. The molecule has 28 heavy (non-hydrogen) atoms. The third-order valence-electron chi connectivity index (χ3n) is 4.63. The van der Waals surface area contributed by atoms with Crippen LogP contribution in [0.25, 0.3) is 0 Å². The van der Waals surface area contributed by atoms with Gasteiger partial charge in [0.1, 0.15) is 6.61 Å². The molecule has 0 aromatic heterocycles. The Morgan fingerprint density at radius 1 is 1.07 bits per heavy atom. The summed E-state index contributed by atoms with van der Waals surface area (Å²) in [6, 6.07) is 17.0. The van der Waals surface area contributed by atoms with Gasteiger partial charge in [-0.1, -0.05) is 42.5 Å². The highest BCUT2D eigenvalue weighted by molar-refractivity contribution is 5.84. The number of nitrogens with zero attached hydrogens (tertiary/aromatic N) is 1. The Morgan fingerprint density at radius 3 is 2.54 bits per heavy atom. The molecule has 0 unspecified atom stereocenters. The highest BCUT2D eigenvalue weighted by atomic mass is 16.5. The maximum absolute atomic E-state index is 12.5. The summed E-state index contributed by atoms with van der Waals surface area (Å²) in [5, 5.41) is 2.75. The minimum atomic E-state index is -0.505. The zero-order valence-corrected chi connectivity index (χ0v) is 16.0. The third kappa shape index (κ3) is 6.09. The summed E-state index contributed by atoms with van der Waals surface area (Å²) in [5.74, 6) is 0.376. The van der Waals surface area contributed by atoms with Crippen molar-refractivity contribution in [3.8, 4) is 0 Å². The molecule has 1 fully saturated rings. The summed E-state index contributed by atoms with van der Waals surface area (Å²) in [6.45, 7) is 1.95. The number of nitrogens with one attached hydrogen (secondary N) is 1. The largest absolute Gasteiger partial charge is 0.444 e. The van der Waals surface area contributed by atoms with Gasteiger partial charge in [-0.3, -0.25) is 10.1 Å². The molecular weight excluding hydrogens is 354 g/mol. The highest BCUT2D eigenvalue weighted by Crippen LogP contribution is 2.31. The van der Waals surface area contributed by atoms with Crippen molar-refractivity contribution in [3.05, 3.63) is 65.7 Å². The van der Waals surface area contributed by atoms with Crippen LogP contribution < -0.4 is 11.1 Å². The molecule has 3 N–H and O–H groups in total. The van der Waals surface area contributed by atoms with E-state index in [-0.39, 0.29) is 18.4 Å². The number of benzene rings is 2. The fraction of sp³-hybridized carbons (Fsp3) is 0.364.